The smallest absolute Gasteiger partial charge is 0.314 e. The first-order chi connectivity index (χ1) is 8.02. The van der Waals surface area contributed by atoms with Gasteiger partial charge in [-0.25, -0.2) is 4.79 Å². The van der Waals surface area contributed by atoms with Crippen molar-refractivity contribution in [3.63, 3.8) is 0 Å². The van der Waals surface area contributed by atoms with Gasteiger partial charge in [0, 0.05) is 16.9 Å². The van der Waals surface area contributed by atoms with E-state index in [0.29, 0.717) is 10.7 Å². The molecule has 0 fully saturated rings. The van der Waals surface area contributed by atoms with Gasteiger partial charge in [0.2, 0.25) is 0 Å². The molecule has 0 spiro atoms. The van der Waals surface area contributed by atoms with Crippen molar-refractivity contribution in [1.29, 1.82) is 0 Å². The first kappa shape index (κ1) is 13.6. The molecule has 3 nitrogen and oxygen atoms in total. The van der Waals surface area contributed by atoms with Gasteiger partial charge in [0.1, 0.15) is 0 Å². The molecule has 0 atom stereocenters. The average Bonchev–Trinajstić information content (AvgIpc) is 2.31. The first-order valence-corrected chi connectivity index (χ1v) is 5.90. The van der Waals surface area contributed by atoms with Crippen LogP contribution in [0.15, 0.2) is 30.0 Å². The van der Waals surface area contributed by atoms with Crippen LogP contribution in [0.1, 0.15) is 25.8 Å². The molecule has 17 heavy (non-hydrogen) atoms. The van der Waals surface area contributed by atoms with E-state index in [2.05, 4.69) is 10.6 Å². The van der Waals surface area contributed by atoms with Crippen LogP contribution in [-0.4, -0.2) is 6.03 Å². The number of carbonyl (C=O) groups is 1. The Labute approximate surface area is 107 Å². The molecule has 92 valence electrons. The van der Waals surface area contributed by atoms with E-state index in [1.165, 1.54) is 0 Å². The largest absolute Gasteiger partial charge is 0.323 e. The van der Waals surface area contributed by atoms with Gasteiger partial charge >= 0.3 is 6.03 Å². The molecule has 0 saturated heterocycles. The second kappa shape index (κ2) is 6.30. The second-order valence-electron chi connectivity index (χ2n) is 3.91. The van der Waals surface area contributed by atoms with Crippen molar-refractivity contribution in [2.45, 2.75) is 27.2 Å². The third-order valence-electron chi connectivity index (χ3n) is 2.44. The van der Waals surface area contributed by atoms with Crippen LogP contribution in [0.2, 0.25) is 5.02 Å². The van der Waals surface area contributed by atoms with Crippen LogP contribution in [0.4, 0.5) is 10.5 Å². The van der Waals surface area contributed by atoms with Crippen molar-refractivity contribution in [3.05, 3.63) is 40.6 Å². The van der Waals surface area contributed by atoms with Crippen LogP contribution in [0.3, 0.4) is 0 Å². The summed E-state index contributed by atoms with van der Waals surface area (Å²) in [5.74, 6) is 0. The topological polar surface area (TPSA) is 41.1 Å². The van der Waals surface area contributed by atoms with Gasteiger partial charge in [0.25, 0.3) is 0 Å². The molecule has 0 saturated carbocycles. The van der Waals surface area contributed by atoms with E-state index in [9.17, 15) is 4.79 Å². The zero-order valence-electron chi connectivity index (χ0n) is 10.3. The fraction of sp³-hybridized carbons (Fsp3) is 0.308. The minimum atomic E-state index is -0.266. The normalized spacial score (nSPS) is 11.2. The van der Waals surface area contributed by atoms with Gasteiger partial charge in [-0.1, -0.05) is 30.2 Å². The quantitative estimate of drug-likeness (QED) is 0.836. The molecule has 1 rings (SSSR count). The van der Waals surface area contributed by atoms with Gasteiger partial charge in [-0.3, -0.25) is 0 Å². The van der Waals surface area contributed by atoms with E-state index in [-0.39, 0.29) is 6.03 Å². The van der Waals surface area contributed by atoms with E-state index in [1.54, 1.807) is 12.3 Å². The minimum Gasteiger partial charge on any atom is -0.314 e. The molecule has 1 aromatic rings. The molecule has 1 aromatic carbocycles. The average molecular weight is 253 g/mol. The number of hydrogen-bond donors (Lipinski definition) is 2. The highest BCUT2D eigenvalue weighted by Crippen LogP contribution is 2.19. The third kappa shape index (κ3) is 4.49. The van der Waals surface area contributed by atoms with Crippen LogP contribution >= 0.6 is 11.6 Å². The molecule has 0 bridgehead atoms. The molecule has 2 amide bonds. The summed E-state index contributed by atoms with van der Waals surface area (Å²) in [6.07, 6.45) is 2.61. The lowest BCUT2D eigenvalue weighted by Gasteiger charge is -2.06. The lowest BCUT2D eigenvalue weighted by atomic mass is 10.2. The summed E-state index contributed by atoms with van der Waals surface area (Å²) < 4.78 is 0. The van der Waals surface area contributed by atoms with Crippen LogP contribution in [0.5, 0.6) is 0 Å². The number of urea groups is 1. The van der Waals surface area contributed by atoms with Crippen molar-refractivity contribution >= 4 is 23.3 Å². The number of rotatable bonds is 3. The predicted molar refractivity (Wildman–Crippen MR) is 72.4 cm³/mol. The maximum Gasteiger partial charge on any atom is 0.323 e. The number of carbonyl (C=O) groups excluding carboxylic acids is 1. The zero-order chi connectivity index (χ0) is 12.8. The van der Waals surface area contributed by atoms with Gasteiger partial charge in [-0.2, -0.15) is 0 Å². The number of anilines is 1. The Morgan fingerprint density at radius 1 is 1.47 bits per heavy atom. The Kier molecular flexibility index (Phi) is 5.04. The maximum absolute atomic E-state index is 11.5. The van der Waals surface area contributed by atoms with Gasteiger partial charge in [0.05, 0.1) is 0 Å². The number of nitrogens with one attached hydrogen (secondary N) is 2. The van der Waals surface area contributed by atoms with Gasteiger partial charge in [-0.05, 0) is 38.0 Å². The van der Waals surface area contributed by atoms with Crippen molar-refractivity contribution in [2.24, 2.45) is 0 Å². The molecule has 0 aliphatic carbocycles. The molecule has 4 heteroatoms. The summed E-state index contributed by atoms with van der Waals surface area (Å²) in [5.41, 5.74) is 2.78. The van der Waals surface area contributed by atoms with Crippen LogP contribution in [0, 0.1) is 6.92 Å². The lowest BCUT2D eigenvalue weighted by molar-refractivity contribution is 0.255. The summed E-state index contributed by atoms with van der Waals surface area (Å²) >= 11 is 5.96. The third-order valence-corrected chi connectivity index (χ3v) is 2.84. The number of benzene rings is 1. The maximum atomic E-state index is 11.5. The monoisotopic (exact) mass is 252 g/mol. The van der Waals surface area contributed by atoms with Gasteiger partial charge < -0.3 is 10.6 Å². The Balaban J connectivity index is 2.59. The molecule has 0 aliphatic rings. The molecule has 0 radical (unpaired) electrons. The number of aryl methyl sites for hydroxylation is 1. The SMILES string of the molecule is CC/C(C)=C/NC(=O)Nc1ccc(C)c(Cl)c1. The molecule has 0 heterocycles. The van der Waals surface area contributed by atoms with E-state index in [0.717, 1.165) is 17.6 Å². The minimum absolute atomic E-state index is 0.266. The fourth-order valence-electron chi connectivity index (χ4n) is 1.13. The molecule has 0 aliphatic heterocycles. The molecular weight excluding hydrogens is 236 g/mol. The number of allylic oxidation sites excluding steroid dienone is 1. The summed E-state index contributed by atoms with van der Waals surface area (Å²) in [5, 5.41) is 6.01. The highest BCUT2D eigenvalue weighted by molar-refractivity contribution is 6.31. The Morgan fingerprint density at radius 2 is 2.18 bits per heavy atom. The lowest BCUT2D eigenvalue weighted by Crippen LogP contribution is -2.24. The van der Waals surface area contributed by atoms with E-state index < -0.39 is 0 Å². The van der Waals surface area contributed by atoms with Crippen molar-refractivity contribution in [2.75, 3.05) is 5.32 Å². The summed E-state index contributed by atoms with van der Waals surface area (Å²) in [7, 11) is 0. The number of hydrogen-bond acceptors (Lipinski definition) is 1. The zero-order valence-corrected chi connectivity index (χ0v) is 11.1. The molecule has 2 N–H and O–H groups in total. The first-order valence-electron chi connectivity index (χ1n) is 5.52. The van der Waals surface area contributed by atoms with E-state index in [1.807, 2.05) is 32.9 Å². The number of halogens is 1. The van der Waals surface area contributed by atoms with Crippen molar-refractivity contribution in [1.82, 2.24) is 5.32 Å². The van der Waals surface area contributed by atoms with Gasteiger partial charge in [0.15, 0.2) is 0 Å². The number of amides is 2. The Morgan fingerprint density at radius 3 is 2.76 bits per heavy atom. The van der Waals surface area contributed by atoms with E-state index >= 15 is 0 Å². The van der Waals surface area contributed by atoms with Crippen LogP contribution in [-0.2, 0) is 0 Å². The second-order valence-corrected chi connectivity index (χ2v) is 4.31. The summed E-state index contributed by atoms with van der Waals surface area (Å²) in [6.45, 7) is 5.91. The summed E-state index contributed by atoms with van der Waals surface area (Å²) in [6, 6.07) is 5.15. The Bertz CT molecular complexity index is 441. The predicted octanol–water partition coefficient (Wildman–Crippen LogP) is 4.08. The standard InChI is InChI=1S/C13H17ClN2O/c1-4-9(2)8-15-13(17)16-11-6-5-10(3)12(14)7-11/h5-8H,4H2,1-3H3,(H2,15,16,17)/b9-8+. The van der Waals surface area contributed by atoms with Crippen molar-refractivity contribution < 1.29 is 4.79 Å². The molecule has 0 unspecified atom stereocenters. The van der Waals surface area contributed by atoms with E-state index in [4.69, 9.17) is 11.6 Å². The summed E-state index contributed by atoms with van der Waals surface area (Å²) in [4.78, 5) is 11.5. The molecular formula is C13H17ClN2O. The van der Waals surface area contributed by atoms with Crippen molar-refractivity contribution in [3.8, 4) is 0 Å². The highest BCUT2D eigenvalue weighted by atomic mass is 35.5. The van der Waals surface area contributed by atoms with Crippen LogP contribution < -0.4 is 10.6 Å². The van der Waals surface area contributed by atoms with Gasteiger partial charge in [-0.15, -0.1) is 0 Å². The highest BCUT2D eigenvalue weighted by Gasteiger charge is 2.01. The van der Waals surface area contributed by atoms with Crippen LogP contribution in [0.25, 0.3) is 0 Å². The fourth-order valence-corrected chi connectivity index (χ4v) is 1.31. The molecule has 0 aromatic heterocycles. The Hall–Kier alpha value is -1.48.